The maximum Gasteiger partial charge on any atom is 0.416 e. The predicted molar refractivity (Wildman–Crippen MR) is 74.6 cm³/mol. The van der Waals surface area contributed by atoms with Gasteiger partial charge in [0.15, 0.2) is 0 Å². The topological polar surface area (TPSA) is 32.8 Å². The second kappa shape index (κ2) is 5.79. The van der Waals surface area contributed by atoms with E-state index in [-0.39, 0.29) is 12.0 Å². The Bertz CT molecular complexity index is 554. The van der Waals surface area contributed by atoms with Gasteiger partial charge in [0.05, 0.1) is 12.2 Å². The van der Waals surface area contributed by atoms with Crippen LogP contribution in [0.3, 0.4) is 0 Å². The first-order valence-electron chi connectivity index (χ1n) is 7.28. The molecule has 2 saturated heterocycles. The Morgan fingerprint density at radius 2 is 1.86 bits per heavy atom. The summed E-state index contributed by atoms with van der Waals surface area (Å²) in [7, 11) is 0. The van der Waals surface area contributed by atoms with Gasteiger partial charge in [-0.2, -0.15) is 13.2 Å². The number of hydrogen-bond acceptors (Lipinski definition) is 4. The lowest BCUT2D eigenvalue weighted by Gasteiger charge is -2.37. The molecule has 1 aromatic carbocycles. The van der Waals surface area contributed by atoms with E-state index in [0.29, 0.717) is 44.9 Å². The lowest BCUT2D eigenvalue weighted by molar-refractivity contribution is -0.142. The first kappa shape index (κ1) is 15.1. The molecule has 3 rings (SSSR count). The normalized spacial score (nSPS) is 23.7. The smallest absolute Gasteiger partial charge is 0.416 e. The molecule has 0 radical (unpaired) electrons. The Kier molecular flexibility index (Phi) is 3.99. The number of cyclic esters (lactones) is 1. The maximum absolute atomic E-state index is 12.8. The number of piperazine rings is 1. The number of nitrogens with zero attached hydrogens (tertiary/aromatic N) is 2. The summed E-state index contributed by atoms with van der Waals surface area (Å²) >= 11 is 0. The zero-order valence-corrected chi connectivity index (χ0v) is 12.0. The summed E-state index contributed by atoms with van der Waals surface area (Å²) in [6.45, 7) is 2.96. The third kappa shape index (κ3) is 3.04. The van der Waals surface area contributed by atoms with Gasteiger partial charge in [-0.1, -0.05) is 6.07 Å². The quantitative estimate of drug-likeness (QED) is 0.783. The fraction of sp³-hybridized carbons (Fsp3) is 0.533. The number of ether oxygens (including phenoxy) is 1. The van der Waals surface area contributed by atoms with Crippen LogP contribution in [0.25, 0.3) is 0 Å². The molecule has 4 nitrogen and oxygen atoms in total. The summed E-state index contributed by atoms with van der Waals surface area (Å²) in [5.41, 5.74) is -0.0599. The molecule has 7 heteroatoms. The standard InChI is InChI=1S/C15H17F3N2O2/c16-15(17,18)11-2-1-3-12(10-11)19-5-7-20(8-6-19)13-4-9-22-14(13)21/h1-3,10,13H,4-9H2. The van der Waals surface area contributed by atoms with E-state index in [0.717, 1.165) is 6.07 Å². The minimum absolute atomic E-state index is 0.187. The summed E-state index contributed by atoms with van der Waals surface area (Å²) in [5, 5.41) is 0. The molecule has 0 spiro atoms. The minimum Gasteiger partial charge on any atom is -0.464 e. The number of carbonyl (C=O) groups excluding carboxylic acids is 1. The van der Waals surface area contributed by atoms with Crippen LogP contribution in [0.15, 0.2) is 24.3 Å². The van der Waals surface area contributed by atoms with Crippen LogP contribution in [0, 0.1) is 0 Å². The number of hydrogen-bond donors (Lipinski definition) is 0. The first-order valence-corrected chi connectivity index (χ1v) is 7.28. The summed E-state index contributed by atoms with van der Waals surface area (Å²) in [6.07, 6.45) is -3.63. The number of anilines is 1. The van der Waals surface area contributed by atoms with Crippen LogP contribution >= 0.6 is 0 Å². The molecule has 0 saturated carbocycles. The van der Waals surface area contributed by atoms with Crippen LogP contribution < -0.4 is 4.90 Å². The van der Waals surface area contributed by atoms with Crippen LogP contribution in [0.4, 0.5) is 18.9 Å². The monoisotopic (exact) mass is 314 g/mol. The van der Waals surface area contributed by atoms with Crippen LogP contribution in [0.5, 0.6) is 0 Å². The van der Waals surface area contributed by atoms with E-state index in [4.69, 9.17) is 4.74 Å². The predicted octanol–water partition coefficient (Wildman–Crippen LogP) is 2.14. The van der Waals surface area contributed by atoms with Crippen molar-refractivity contribution in [2.75, 3.05) is 37.7 Å². The van der Waals surface area contributed by atoms with Crippen molar-refractivity contribution in [2.24, 2.45) is 0 Å². The maximum atomic E-state index is 12.8. The van der Waals surface area contributed by atoms with Crippen LogP contribution in [-0.4, -0.2) is 49.7 Å². The van der Waals surface area contributed by atoms with Gasteiger partial charge >= 0.3 is 12.1 Å². The average Bonchev–Trinajstić information content (AvgIpc) is 2.93. The Morgan fingerprint density at radius 1 is 1.14 bits per heavy atom. The number of benzene rings is 1. The fourth-order valence-electron chi connectivity index (χ4n) is 2.99. The van der Waals surface area contributed by atoms with Gasteiger partial charge < -0.3 is 9.64 Å². The largest absolute Gasteiger partial charge is 0.464 e. The van der Waals surface area contributed by atoms with E-state index in [1.165, 1.54) is 12.1 Å². The molecule has 2 heterocycles. The molecule has 2 aliphatic rings. The van der Waals surface area contributed by atoms with Gasteiger partial charge in [0.2, 0.25) is 0 Å². The highest BCUT2D eigenvalue weighted by Gasteiger charge is 2.35. The number of carbonyl (C=O) groups is 1. The van der Waals surface area contributed by atoms with Gasteiger partial charge in [-0.05, 0) is 18.2 Å². The molecule has 2 fully saturated rings. The van der Waals surface area contributed by atoms with Crippen molar-refractivity contribution in [2.45, 2.75) is 18.6 Å². The van der Waals surface area contributed by atoms with Gasteiger partial charge in [-0.15, -0.1) is 0 Å². The van der Waals surface area contributed by atoms with Crippen LogP contribution in [0.1, 0.15) is 12.0 Å². The number of alkyl halides is 3. The Balaban J connectivity index is 1.65. The van der Waals surface area contributed by atoms with Crippen molar-refractivity contribution in [3.05, 3.63) is 29.8 Å². The van der Waals surface area contributed by atoms with E-state index in [2.05, 4.69) is 4.90 Å². The molecule has 0 aromatic heterocycles. The van der Waals surface area contributed by atoms with Gasteiger partial charge in [-0.3, -0.25) is 9.69 Å². The number of rotatable bonds is 2. The number of halogens is 3. The molecule has 120 valence electrons. The highest BCUT2D eigenvalue weighted by molar-refractivity contribution is 5.77. The van der Waals surface area contributed by atoms with Crippen LogP contribution in [-0.2, 0) is 15.7 Å². The first-order chi connectivity index (χ1) is 10.4. The van der Waals surface area contributed by atoms with E-state index in [1.54, 1.807) is 6.07 Å². The van der Waals surface area contributed by atoms with Crippen molar-refractivity contribution >= 4 is 11.7 Å². The SMILES string of the molecule is O=C1OCCC1N1CCN(c2cccc(C(F)(F)F)c2)CC1. The molecule has 1 unspecified atom stereocenters. The second-order valence-corrected chi connectivity index (χ2v) is 5.54. The molecule has 0 N–H and O–H groups in total. The van der Waals surface area contributed by atoms with Crippen molar-refractivity contribution < 1.29 is 22.7 Å². The highest BCUT2D eigenvalue weighted by atomic mass is 19.4. The van der Waals surface area contributed by atoms with E-state index >= 15 is 0 Å². The summed E-state index contributed by atoms with van der Waals surface area (Å²) in [6, 6.07) is 5.19. The molecule has 1 atom stereocenters. The molecule has 2 aliphatic heterocycles. The Morgan fingerprint density at radius 3 is 2.45 bits per heavy atom. The van der Waals surface area contributed by atoms with Crippen molar-refractivity contribution in [1.82, 2.24) is 4.90 Å². The van der Waals surface area contributed by atoms with Gasteiger partial charge in [0.1, 0.15) is 6.04 Å². The van der Waals surface area contributed by atoms with E-state index in [1.807, 2.05) is 4.90 Å². The molecule has 0 amide bonds. The van der Waals surface area contributed by atoms with Crippen molar-refractivity contribution in [3.8, 4) is 0 Å². The molecule has 1 aromatic rings. The van der Waals surface area contributed by atoms with Gasteiger partial charge in [-0.25, -0.2) is 0 Å². The van der Waals surface area contributed by atoms with Crippen LogP contribution in [0.2, 0.25) is 0 Å². The third-order valence-corrected chi connectivity index (χ3v) is 4.20. The molecular formula is C15H17F3N2O2. The molecular weight excluding hydrogens is 297 g/mol. The Hall–Kier alpha value is -1.76. The summed E-state index contributed by atoms with van der Waals surface area (Å²) < 4.78 is 43.3. The summed E-state index contributed by atoms with van der Waals surface area (Å²) in [4.78, 5) is 15.6. The van der Waals surface area contributed by atoms with Gasteiger partial charge in [0, 0.05) is 38.3 Å². The lowest BCUT2D eigenvalue weighted by atomic mass is 10.1. The zero-order chi connectivity index (χ0) is 15.7. The average molecular weight is 314 g/mol. The molecule has 22 heavy (non-hydrogen) atoms. The molecule has 0 aliphatic carbocycles. The third-order valence-electron chi connectivity index (χ3n) is 4.20. The highest BCUT2D eigenvalue weighted by Crippen LogP contribution is 2.32. The summed E-state index contributed by atoms with van der Waals surface area (Å²) in [5.74, 6) is -0.187. The molecule has 0 bridgehead atoms. The van der Waals surface area contributed by atoms with Crippen molar-refractivity contribution in [3.63, 3.8) is 0 Å². The van der Waals surface area contributed by atoms with Gasteiger partial charge in [0.25, 0.3) is 0 Å². The second-order valence-electron chi connectivity index (χ2n) is 5.54. The van der Waals surface area contributed by atoms with E-state index in [9.17, 15) is 18.0 Å². The number of esters is 1. The minimum atomic E-state index is -4.33. The van der Waals surface area contributed by atoms with E-state index < -0.39 is 11.7 Å². The van der Waals surface area contributed by atoms with Crippen molar-refractivity contribution in [1.29, 1.82) is 0 Å². The lowest BCUT2D eigenvalue weighted by Crippen LogP contribution is -2.51. The Labute approximate surface area is 126 Å². The fourth-order valence-corrected chi connectivity index (χ4v) is 2.99. The zero-order valence-electron chi connectivity index (χ0n) is 12.0.